The first kappa shape index (κ1) is 15.9. The topological polar surface area (TPSA) is 102 Å². The molecule has 0 rings (SSSR count). The Bertz CT molecular complexity index is 221. The van der Waals surface area contributed by atoms with Crippen LogP contribution in [0.1, 0.15) is 20.8 Å². The van der Waals surface area contributed by atoms with Crippen molar-refractivity contribution in [2.45, 2.75) is 26.4 Å². The largest absolute Gasteiger partial charge is 0.480 e. The molecule has 0 unspecified atom stereocenters. The van der Waals surface area contributed by atoms with Crippen molar-refractivity contribution >= 4 is 12.1 Å². The lowest BCUT2D eigenvalue weighted by Gasteiger charge is -2.18. The Balaban J connectivity index is 0. The Labute approximate surface area is 89.1 Å². The van der Waals surface area contributed by atoms with Crippen LogP contribution in [0.2, 0.25) is 0 Å². The van der Waals surface area contributed by atoms with Crippen LogP contribution in [-0.2, 0) is 9.53 Å². The SMILES string of the molecule is C=CNC(=O)OC(C)(C)C.NCC(=O)O. The molecular weight excluding hydrogens is 200 g/mol. The van der Waals surface area contributed by atoms with E-state index in [4.69, 9.17) is 9.84 Å². The molecule has 15 heavy (non-hydrogen) atoms. The molecule has 0 saturated carbocycles. The van der Waals surface area contributed by atoms with Gasteiger partial charge in [0.05, 0.1) is 6.54 Å². The van der Waals surface area contributed by atoms with Gasteiger partial charge in [0.25, 0.3) is 0 Å². The highest BCUT2D eigenvalue weighted by Crippen LogP contribution is 2.05. The summed E-state index contributed by atoms with van der Waals surface area (Å²) in [7, 11) is 0. The first-order valence-electron chi connectivity index (χ1n) is 4.25. The summed E-state index contributed by atoms with van der Waals surface area (Å²) in [5.41, 5.74) is 4.13. The van der Waals surface area contributed by atoms with E-state index in [0.717, 1.165) is 0 Å². The van der Waals surface area contributed by atoms with Crippen LogP contribution >= 0.6 is 0 Å². The second kappa shape index (κ2) is 7.81. The number of nitrogens with two attached hydrogens (primary N) is 1. The highest BCUT2D eigenvalue weighted by Gasteiger charge is 2.14. The van der Waals surface area contributed by atoms with E-state index in [0.29, 0.717) is 0 Å². The maximum Gasteiger partial charge on any atom is 0.411 e. The molecule has 0 fully saturated rings. The number of hydrogen-bond acceptors (Lipinski definition) is 4. The van der Waals surface area contributed by atoms with Gasteiger partial charge in [-0.25, -0.2) is 4.79 Å². The van der Waals surface area contributed by atoms with Gasteiger partial charge >= 0.3 is 12.1 Å². The zero-order valence-electron chi connectivity index (χ0n) is 9.24. The summed E-state index contributed by atoms with van der Waals surface area (Å²) >= 11 is 0. The van der Waals surface area contributed by atoms with Crippen molar-refractivity contribution in [1.29, 1.82) is 0 Å². The van der Waals surface area contributed by atoms with Crippen molar-refractivity contribution in [1.82, 2.24) is 5.32 Å². The quantitative estimate of drug-likeness (QED) is 0.632. The molecule has 4 N–H and O–H groups in total. The highest BCUT2D eigenvalue weighted by molar-refractivity contribution is 5.68. The molecule has 0 bridgehead atoms. The first-order valence-corrected chi connectivity index (χ1v) is 4.25. The first-order chi connectivity index (χ1) is 6.72. The van der Waals surface area contributed by atoms with E-state index in [1.807, 2.05) is 0 Å². The van der Waals surface area contributed by atoms with Gasteiger partial charge in [-0.2, -0.15) is 0 Å². The molecule has 0 aliphatic carbocycles. The second-order valence-electron chi connectivity index (χ2n) is 3.45. The Hall–Kier alpha value is -1.56. The minimum absolute atomic E-state index is 0.278. The van der Waals surface area contributed by atoms with E-state index in [2.05, 4.69) is 17.6 Å². The summed E-state index contributed by atoms with van der Waals surface area (Å²) in [6.45, 7) is 8.44. The van der Waals surface area contributed by atoms with Crippen LogP contribution in [0.4, 0.5) is 4.79 Å². The standard InChI is InChI=1S/C7H13NO2.C2H5NO2/c1-5-8-6(9)10-7(2,3)4;3-1-2(4)5/h5H,1H2,2-4H3,(H,8,9);1,3H2,(H,4,5). The number of hydrogen-bond donors (Lipinski definition) is 3. The monoisotopic (exact) mass is 218 g/mol. The van der Waals surface area contributed by atoms with Crippen LogP contribution in [-0.4, -0.2) is 29.3 Å². The average molecular weight is 218 g/mol. The molecule has 0 radical (unpaired) electrons. The van der Waals surface area contributed by atoms with Gasteiger partial charge in [-0.3, -0.25) is 10.1 Å². The van der Waals surface area contributed by atoms with Crippen LogP contribution in [0.3, 0.4) is 0 Å². The Morgan fingerprint density at radius 3 is 2.13 bits per heavy atom. The molecule has 1 amide bonds. The van der Waals surface area contributed by atoms with Crippen molar-refractivity contribution in [2.75, 3.05) is 6.54 Å². The van der Waals surface area contributed by atoms with E-state index in [1.165, 1.54) is 6.20 Å². The fourth-order valence-electron chi connectivity index (χ4n) is 0.391. The smallest absolute Gasteiger partial charge is 0.411 e. The average Bonchev–Trinajstić information content (AvgIpc) is 2.02. The Morgan fingerprint density at radius 2 is 1.93 bits per heavy atom. The van der Waals surface area contributed by atoms with Crippen LogP contribution in [0.5, 0.6) is 0 Å². The van der Waals surface area contributed by atoms with Gasteiger partial charge in [0.2, 0.25) is 0 Å². The van der Waals surface area contributed by atoms with E-state index in [-0.39, 0.29) is 6.54 Å². The van der Waals surface area contributed by atoms with Crippen molar-refractivity contribution in [2.24, 2.45) is 5.73 Å². The molecule has 6 heteroatoms. The van der Waals surface area contributed by atoms with Crippen LogP contribution in [0.25, 0.3) is 0 Å². The predicted octanol–water partition coefficient (Wildman–Crippen LogP) is 0.684. The van der Waals surface area contributed by atoms with Gasteiger partial charge in [0, 0.05) is 0 Å². The lowest BCUT2D eigenvalue weighted by Crippen LogP contribution is -2.29. The van der Waals surface area contributed by atoms with Crippen molar-refractivity contribution < 1.29 is 19.4 Å². The van der Waals surface area contributed by atoms with E-state index < -0.39 is 17.7 Å². The zero-order valence-corrected chi connectivity index (χ0v) is 9.24. The summed E-state index contributed by atoms with van der Waals surface area (Å²) in [4.78, 5) is 19.9. The molecule has 0 aliphatic rings. The molecule has 6 nitrogen and oxygen atoms in total. The van der Waals surface area contributed by atoms with E-state index in [9.17, 15) is 9.59 Å². The predicted molar refractivity (Wildman–Crippen MR) is 56.3 cm³/mol. The number of ether oxygens (including phenoxy) is 1. The third kappa shape index (κ3) is 19.0. The molecule has 0 aromatic heterocycles. The zero-order chi connectivity index (χ0) is 12.5. The Kier molecular flexibility index (Phi) is 8.27. The maximum atomic E-state index is 10.7. The number of carboxylic acids is 1. The normalized spacial score (nSPS) is 9.33. The molecule has 0 saturated heterocycles. The lowest BCUT2D eigenvalue weighted by atomic mass is 10.2. The number of carboxylic acid groups (broad SMARTS) is 1. The summed E-state index contributed by atoms with van der Waals surface area (Å²) in [5.74, 6) is -0.968. The minimum atomic E-state index is -0.968. The molecule has 0 aromatic carbocycles. The number of nitrogens with one attached hydrogen (secondary N) is 1. The van der Waals surface area contributed by atoms with Crippen molar-refractivity contribution in [3.05, 3.63) is 12.8 Å². The van der Waals surface area contributed by atoms with Crippen molar-refractivity contribution in [3.63, 3.8) is 0 Å². The molecule has 0 atom stereocenters. The van der Waals surface area contributed by atoms with Crippen LogP contribution in [0.15, 0.2) is 12.8 Å². The van der Waals surface area contributed by atoms with Gasteiger partial charge < -0.3 is 15.6 Å². The van der Waals surface area contributed by atoms with Crippen LogP contribution in [0, 0.1) is 0 Å². The maximum absolute atomic E-state index is 10.7. The lowest BCUT2D eigenvalue weighted by molar-refractivity contribution is -0.135. The molecule has 0 spiro atoms. The van der Waals surface area contributed by atoms with Crippen molar-refractivity contribution in [3.8, 4) is 0 Å². The Morgan fingerprint density at radius 1 is 1.53 bits per heavy atom. The fourth-order valence-corrected chi connectivity index (χ4v) is 0.391. The van der Waals surface area contributed by atoms with Gasteiger partial charge in [-0.05, 0) is 27.0 Å². The molecule has 0 aliphatic heterocycles. The molecule has 88 valence electrons. The number of carbonyl (C=O) groups excluding carboxylic acids is 1. The summed E-state index contributed by atoms with van der Waals surface area (Å²) in [5, 5.41) is 9.90. The van der Waals surface area contributed by atoms with Gasteiger partial charge in [0.1, 0.15) is 5.60 Å². The summed E-state index contributed by atoms with van der Waals surface area (Å²) in [6, 6.07) is 0. The molecular formula is C9H18N2O4. The highest BCUT2D eigenvalue weighted by atomic mass is 16.6. The molecule has 0 aromatic rings. The van der Waals surface area contributed by atoms with Gasteiger partial charge in [-0.15, -0.1) is 0 Å². The third-order valence-corrected chi connectivity index (χ3v) is 0.793. The number of alkyl carbamates (subject to hydrolysis) is 1. The van der Waals surface area contributed by atoms with Crippen LogP contribution < -0.4 is 11.1 Å². The fraction of sp³-hybridized carbons (Fsp3) is 0.556. The summed E-state index contributed by atoms with van der Waals surface area (Å²) < 4.78 is 4.86. The van der Waals surface area contributed by atoms with Gasteiger partial charge in [-0.1, -0.05) is 6.58 Å². The number of aliphatic carboxylic acids is 1. The number of rotatable bonds is 2. The van der Waals surface area contributed by atoms with E-state index >= 15 is 0 Å². The minimum Gasteiger partial charge on any atom is -0.480 e. The number of amides is 1. The summed E-state index contributed by atoms with van der Waals surface area (Å²) in [6.07, 6.45) is 0.816. The molecule has 0 heterocycles. The number of carbonyl (C=O) groups is 2. The van der Waals surface area contributed by atoms with Gasteiger partial charge in [0.15, 0.2) is 0 Å². The third-order valence-electron chi connectivity index (χ3n) is 0.793. The van der Waals surface area contributed by atoms with E-state index in [1.54, 1.807) is 20.8 Å². The second-order valence-corrected chi connectivity index (χ2v) is 3.45.